The van der Waals surface area contributed by atoms with E-state index in [1.165, 1.54) is 30.4 Å². The molecule has 2 rings (SSSR count). The molecule has 0 saturated carbocycles. The van der Waals surface area contributed by atoms with Crippen LogP contribution in [0.25, 0.3) is 0 Å². The van der Waals surface area contributed by atoms with E-state index >= 15 is 0 Å². The average Bonchev–Trinajstić information content (AvgIpc) is 2.84. The van der Waals surface area contributed by atoms with Crippen LogP contribution in [0.5, 0.6) is 0 Å². The summed E-state index contributed by atoms with van der Waals surface area (Å²) in [5.74, 6) is 1.01. The molecule has 0 saturated heterocycles. The third-order valence-electron chi connectivity index (χ3n) is 4.28. The molecule has 2 heteroatoms. The van der Waals surface area contributed by atoms with E-state index in [0.717, 1.165) is 12.1 Å². The highest BCUT2D eigenvalue weighted by atomic mass is 16.3. The zero-order chi connectivity index (χ0) is 14.7. The first-order valence-electron chi connectivity index (χ1n) is 8.02. The van der Waals surface area contributed by atoms with E-state index in [1.54, 1.807) is 0 Å². The molecular formula is C18H29NO. The van der Waals surface area contributed by atoms with Crippen LogP contribution in [0.15, 0.2) is 18.2 Å². The molecule has 2 nitrogen and oxygen atoms in total. The van der Waals surface area contributed by atoms with Crippen LogP contribution in [0.2, 0.25) is 0 Å². The molecule has 2 atom stereocenters. The van der Waals surface area contributed by atoms with Crippen LogP contribution in [-0.2, 0) is 12.8 Å². The van der Waals surface area contributed by atoms with Crippen molar-refractivity contribution in [3.8, 4) is 0 Å². The first kappa shape index (κ1) is 15.5. The molecule has 2 N–H and O–H groups in total. The summed E-state index contributed by atoms with van der Waals surface area (Å²) in [6.07, 6.45) is 3.21. The summed E-state index contributed by atoms with van der Waals surface area (Å²) in [5, 5.41) is 14.3. The van der Waals surface area contributed by atoms with E-state index in [9.17, 15) is 5.11 Å². The Morgan fingerprint density at radius 1 is 1.10 bits per heavy atom. The summed E-state index contributed by atoms with van der Waals surface area (Å²) in [7, 11) is 0. The zero-order valence-electron chi connectivity index (χ0n) is 13.3. The van der Waals surface area contributed by atoms with E-state index in [2.05, 4.69) is 51.2 Å². The van der Waals surface area contributed by atoms with Crippen LogP contribution in [0.4, 0.5) is 0 Å². The van der Waals surface area contributed by atoms with Crippen molar-refractivity contribution >= 4 is 0 Å². The van der Waals surface area contributed by atoms with Gasteiger partial charge in [0.25, 0.3) is 0 Å². The summed E-state index contributed by atoms with van der Waals surface area (Å²) in [4.78, 5) is 0. The van der Waals surface area contributed by atoms with Crippen molar-refractivity contribution in [3.05, 3.63) is 34.9 Å². The number of rotatable bonds is 6. The van der Waals surface area contributed by atoms with Gasteiger partial charge in [0.2, 0.25) is 0 Å². The van der Waals surface area contributed by atoms with Gasteiger partial charge in [-0.3, -0.25) is 0 Å². The summed E-state index contributed by atoms with van der Waals surface area (Å²) in [5.41, 5.74) is 3.98. The monoisotopic (exact) mass is 275 g/mol. The van der Waals surface area contributed by atoms with Crippen molar-refractivity contribution in [2.45, 2.75) is 59.1 Å². The number of fused-ring (bicyclic) bond motifs is 1. The predicted octanol–water partition coefficient (Wildman–Crippen LogP) is 3.48. The van der Waals surface area contributed by atoms with Crippen LogP contribution in [0, 0.1) is 11.8 Å². The highest BCUT2D eigenvalue weighted by Crippen LogP contribution is 2.28. The second kappa shape index (κ2) is 6.73. The van der Waals surface area contributed by atoms with Crippen molar-refractivity contribution in [1.82, 2.24) is 5.32 Å². The standard InChI is InChI=1S/C18H29NO/c1-12(2)11-19-17(13(3)4)18(20)16-9-8-14-6-5-7-15(14)10-16/h8-10,12-13,17-20H,5-7,11H2,1-4H3. The Morgan fingerprint density at radius 2 is 1.80 bits per heavy atom. The quantitative estimate of drug-likeness (QED) is 0.833. The van der Waals surface area contributed by atoms with Crippen LogP contribution in [0.1, 0.15) is 56.9 Å². The summed E-state index contributed by atoms with van der Waals surface area (Å²) >= 11 is 0. The SMILES string of the molecule is CC(C)CNC(C(C)C)C(O)c1ccc2c(c1)CCC2. The van der Waals surface area contributed by atoms with Gasteiger partial charge in [-0.05, 0) is 54.3 Å². The molecule has 2 unspecified atom stereocenters. The first-order chi connectivity index (χ1) is 9.49. The number of hydrogen-bond acceptors (Lipinski definition) is 2. The van der Waals surface area contributed by atoms with Gasteiger partial charge >= 0.3 is 0 Å². The Hall–Kier alpha value is -0.860. The minimum Gasteiger partial charge on any atom is -0.387 e. The van der Waals surface area contributed by atoms with Crippen molar-refractivity contribution in [1.29, 1.82) is 0 Å². The molecule has 1 aromatic carbocycles. The zero-order valence-corrected chi connectivity index (χ0v) is 13.3. The van der Waals surface area contributed by atoms with Gasteiger partial charge in [-0.15, -0.1) is 0 Å². The summed E-state index contributed by atoms with van der Waals surface area (Å²) in [6, 6.07) is 6.67. The highest BCUT2D eigenvalue weighted by molar-refractivity contribution is 5.36. The van der Waals surface area contributed by atoms with Crippen LogP contribution >= 0.6 is 0 Å². The molecule has 0 aromatic heterocycles. The normalized spacial score (nSPS) is 17.6. The maximum absolute atomic E-state index is 10.7. The second-order valence-electron chi connectivity index (χ2n) is 6.90. The lowest BCUT2D eigenvalue weighted by Gasteiger charge is -2.29. The van der Waals surface area contributed by atoms with E-state index in [0.29, 0.717) is 11.8 Å². The fourth-order valence-corrected chi connectivity index (χ4v) is 3.07. The van der Waals surface area contributed by atoms with Crippen molar-refractivity contribution in [3.63, 3.8) is 0 Å². The lowest BCUT2D eigenvalue weighted by Crippen LogP contribution is -2.41. The summed E-state index contributed by atoms with van der Waals surface area (Å²) < 4.78 is 0. The molecule has 0 amide bonds. The molecule has 0 radical (unpaired) electrons. The molecule has 0 heterocycles. The molecule has 0 spiro atoms. The van der Waals surface area contributed by atoms with Crippen molar-refractivity contribution < 1.29 is 5.11 Å². The third kappa shape index (κ3) is 3.62. The Labute approximate surface area is 123 Å². The molecule has 1 aliphatic carbocycles. The molecule has 20 heavy (non-hydrogen) atoms. The Balaban J connectivity index is 2.12. The maximum Gasteiger partial charge on any atom is 0.0945 e. The van der Waals surface area contributed by atoms with E-state index in [-0.39, 0.29) is 6.04 Å². The lowest BCUT2D eigenvalue weighted by atomic mass is 9.91. The van der Waals surface area contributed by atoms with Crippen molar-refractivity contribution in [2.24, 2.45) is 11.8 Å². The minimum atomic E-state index is -0.417. The second-order valence-corrected chi connectivity index (χ2v) is 6.90. The Bertz CT molecular complexity index is 439. The molecule has 1 aromatic rings. The van der Waals surface area contributed by atoms with E-state index in [1.807, 2.05) is 0 Å². The molecule has 112 valence electrons. The maximum atomic E-state index is 10.7. The van der Waals surface area contributed by atoms with E-state index in [4.69, 9.17) is 0 Å². The number of benzene rings is 1. The number of nitrogens with one attached hydrogen (secondary N) is 1. The van der Waals surface area contributed by atoms with Gasteiger partial charge in [-0.25, -0.2) is 0 Å². The molecule has 0 bridgehead atoms. The fraction of sp³-hybridized carbons (Fsp3) is 0.667. The van der Waals surface area contributed by atoms with Crippen LogP contribution < -0.4 is 5.32 Å². The van der Waals surface area contributed by atoms with Gasteiger partial charge in [-0.1, -0.05) is 45.9 Å². The van der Waals surface area contributed by atoms with Crippen LogP contribution in [-0.4, -0.2) is 17.7 Å². The number of aliphatic hydroxyl groups excluding tert-OH is 1. The topological polar surface area (TPSA) is 32.3 Å². The number of aryl methyl sites for hydroxylation is 2. The Morgan fingerprint density at radius 3 is 2.45 bits per heavy atom. The predicted molar refractivity (Wildman–Crippen MR) is 84.9 cm³/mol. The Kier molecular flexibility index (Phi) is 5.22. The first-order valence-corrected chi connectivity index (χ1v) is 8.02. The smallest absolute Gasteiger partial charge is 0.0945 e. The molecule has 0 aliphatic heterocycles. The van der Waals surface area contributed by atoms with Gasteiger partial charge in [0, 0.05) is 6.04 Å². The summed E-state index contributed by atoms with van der Waals surface area (Å²) in [6.45, 7) is 9.70. The van der Waals surface area contributed by atoms with Crippen LogP contribution in [0.3, 0.4) is 0 Å². The molecular weight excluding hydrogens is 246 g/mol. The van der Waals surface area contributed by atoms with Crippen molar-refractivity contribution in [2.75, 3.05) is 6.54 Å². The van der Waals surface area contributed by atoms with E-state index < -0.39 is 6.10 Å². The van der Waals surface area contributed by atoms with Gasteiger partial charge in [-0.2, -0.15) is 0 Å². The minimum absolute atomic E-state index is 0.122. The van der Waals surface area contributed by atoms with Gasteiger partial charge < -0.3 is 10.4 Å². The molecule has 1 aliphatic rings. The average molecular weight is 275 g/mol. The highest BCUT2D eigenvalue weighted by Gasteiger charge is 2.25. The number of hydrogen-bond donors (Lipinski definition) is 2. The largest absolute Gasteiger partial charge is 0.387 e. The lowest BCUT2D eigenvalue weighted by molar-refractivity contribution is 0.103. The third-order valence-corrected chi connectivity index (χ3v) is 4.28. The number of aliphatic hydroxyl groups is 1. The molecule has 0 fully saturated rings. The van der Waals surface area contributed by atoms with Gasteiger partial charge in [0.15, 0.2) is 0 Å². The fourth-order valence-electron chi connectivity index (χ4n) is 3.07. The van der Waals surface area contributed by atoms with Gasteiger partial charge in [0.05, 0.1) is 6.10 Å². The van der Waals surface area contributed by atoms with Gasteiger partial charge in [0.1, 0.15) is 0 Å².